The standard InChI is InChI=1S/C17H20O5/c1-20-13-6-4-11(5-7-13)8-15(21-2)12-9-14(18)17(19)16(10-12)22-3/h4-7,9-10,15,18-19H,8H2,1-3H3/t15-/m1/s1. The van der Waals surface area contributed by atoms with Crippen molar-refractivity contribution >= 4 is 0 Å². The first-order chi connectivity index (χ1) is 10.6. The molecular formula is C17H20O5. The number of rotatable bonds is 6. The van der Waals surface area contributed by atoms with Gasteiger partial charge in [0.05, 0.1) is 20.3 Å². The van der Waals surface area contributed by atoms with Crippen LogP contribution < -0.4 is 9.47 Å². The van der Waals surface area contributed by atoms with Crippen LogP contribution in [0.5, 0.6) is 23.0 Å². The largest absolute Gasteiger partial charge is 0.504 e. The molecule has 0 heterocycles. The van der Waals surface area contributed by atoms with E-state index in [1.54, 1.807) is 20.3 Å². The predicted molar refractivity (Wildman–Crippen MR) is 82.8 cm³/mol. The van der Waals surface area contributed by atoms with E-state index in [4.69, 9.17) is 14.2 Å². The summed E-state index contributed by atoms with van der Waals surface area (Å²) in [6.45, 7) is 0. The highest BCUT2D eigenvalue weighted by atomic mass is 16.5. The lowest BCUT2D eigenvalue weighted by Gasteiger charge is -2.18. The number of hydrogen-bond acceptors (Lipinski definition) is 5. The highest BCUT2D eigenvalue weighted by molar-refractivity contribution is 5.52. The molecule has 0 bridgehead atoms. The second kappa shape index (κ2) is 7.04. The normalized spacial score (nSPS) is 12.0. The third-order valence-electron chi connectivity index (χ3n) is 3.53. The number of ether oxygens (including phenoxy) is 3. The average Bonchev–Trinajstić information content (AvgIpc) is 2.55. The molecule has 2 rings (SSSR count). The van der Waals surface area contributed by atoms with Gasteiger partial charge in [0.25, 0.3) is 0 Å². The first kappa shape index (κ1) is 16.0. The molecule has 2 aromatic carbocycles. The maximum Gasteiger partial charge on any atom is 0.200 e. The van der Waals surface area contributed by atoms with E-state index < -0.39 is 0 Å². The first-order valence-corrected chi connectivity index (χ1v) is 6.84. The van der Waals surface area contributed by atoms with Gasteiger partial charge in [0, 0.05) is 13.5 Å². The van der Waals surface area contributed by atoms with Crippen LogP contribution in [0.4, 0.5) is 0 Å². The highest BCUT2D eigenvalue weighted by Crippen LogP contribution is 2.39. The molecule has 5 nitrogen and oxygen atoms in total. The van der Waals surface area contributed by atoms with Gasteiger partial charge in [-0.2, -0.15) is 0 Å². The molecule has 2 aromatic rings. The van der Waals surface area contributed by atoms with Crippen LogP contribution in [0.15, 0.2) is 36.4 Å². The maximum atomic E-state index is 9.79. The third-order valence-corrected chi connectivity index (χ3v) is 3.53. The lowest BCUT2D eigenvalue weighted by Crippen LogP contribution is -2.06. The molecule has 0 radical (unpaired) electrons. The fraction of sp³-hybridized carbons (Fsp3) is 0.294. The average molecular weight is 304 g/mol. The van der Waals surface area contributed by atoms with Crippen molar-refractivity contribution in [1.29, 1.82) is 0 Å². The minimum atomic E-state index is -0.273. The Balaban J connectivity index is 2.25. The maximum absolute atomic E-state index is 9.79. The third kappa shape index (κ3) is 3.43. The van der Waals surface area contributed by atoms with Crippen LogP contribution in [0.1, 0.15) is 17.2 Å². The molecule has 0 aromatic heterocycles. The van der Waals surface area contributed by atoms with E-state index in [0.717, 1.165) is 16.9 Å². The summed E-state index contributed by atoms with van der Waals surface area (Å²) in [4.78, 5) is 0. The molecule has 0 unspecified atom stereocenters. The van der Waals surface area contributed by atoms with Crippen LogP contribution in [-0.2, 0) is 11.2 Å². The number of aromatic hydroxyl groups is 2. The molecule has 0 amide bonds. The van der Waals surface area contributed by atoms with Gasteiger partial charge in [-0.25, -0.2) is 0 Å². The van der Waals surface area contributed by atoms with Crippen LogP contribution in [0, 0.1) is 0 Å². The Morgan fingerprint density at radius 2 is 1.64 bits per heavy atom. The van der Waals surface area contributed by atoms with Gasteiger partial charge in [-0.3, -0.25) is 0 Å². The molecule has 0 fully saturated rings. The summed E-state index contributed by atoms with van der Waals surface area (Å²) in [7, 11) is 4.66. The molecule has 0 saturated heterocycles. The Morgan fingerprint density at radius 1 is 0.955 bits per heavy atom. The Kier molecular flexibility index (Phi) is 5.12. The summed E-state index contributed by atoms with van der Waals surface area (Å²) < 4.78 is 15.7. The number of phenolic OH excluding ortho intramolecular Hbond substituents is 2. The van der Waals surface area contributed by atoms with Crippen molar-refractivity contribution in [2.75, 3.05) is 21.3 Å². The summed E-state index contributed by atoms with van der Waals surface area (Å²) in [5.74, 6) is 0.505. The molecular weight excluding hydrogens is 284 g/mol. The van der Waals surface area contributed by atoms with Crippen molar-refractivity contribution in [3.05, 3.63) is 47.5 Å². The number of methoxy groups -OCH3 is 3. The van der Waals surface area contributed by atoms with Gasteiger partial charge in [0.2, 0.25) is 5.75 Å². The van der Waals surface area contributed by atoms with E-state index in [2.05, 4.69) is 0 Å². The van der Waals surface area contributed by atoms with E-state index in [-0.39, 0.29) is 23.4 Å². The van der Waals surface area contributed by atoms with E-state index in [1.165, 1.54) is 13.2 Å². The summed E-state index contributed by atoms with van der Waals surface area (Å²) in [5.41, 5.74) is 1.80. The summed E-state index contributed by atoms with van der Waals surface area (Å²) >= 11 is 0. The van der Waals surface area contributed by atoms with Gasteiger partial charge in [0.15, 0.2) is 11.5 Å². The van der Waals surface area contributed by atoms with Crippen LogP contribution in [0.2, 0.25) is 0 Å². The van der Waals surface area contributed by atoms with Crippen molar-refractivity contribution in [3.63, 3.8) is 0 Å². The minimum absolute atomic E-state index is 0.215. The minimum Gasteiger partial charge on any atom is -0.504 e. The second-order valence-electron chi connectivity index (χ2n) is 4.87. The Hall–Kier alpha value is -2.40. The Bertz CT molecular complexity index is 622. The Morgan fingerprint density at radius 3 is 2.18 bits per heavy atom. The van der Waals surface area contributed by atoms with Crippen LogP contribution in [0.25, 0.3) is 0 Å². The topological polar surface area (TPSA) is 68.2 Å². The van der Waals surface area contributed by atoms with Gasteiger partial charge in [-0.1, -0.05) is 12.1 Å². The number of benzene rings is 2. The molecule has 0 aliphatic rings. The van der Waals surface area contributed by atoms with Crippen LogP contribution in [0.3, 0.4) is 0 Å². The fourth-order valence-electron chi connectivity index (χ4n) is 2.27. The highest BCUT2D eigenvalue weighted by Gasteiger charge is 2.17. The van der Waals surface area contributed by atoms with Crippen molar-refractivity contribution in [1.82, 2.24) is 0 Å². The second-order valence-corrected chi connectivity index (χ2v) is 4.87. The SMILES string of the molecule is COc1ccc(C[C@@H](OC)c2cc(O)c(O)c(OC)c2)cc1. The summed E-state index contributed by atoms with van der Waals surface area (Å²) in [5, 5.41) is 19.5. The van der Waals surface area contributed by atoms with Crippen molar-refractivity contribution in [3.8, 4) is 23.0 Å². The van der Waals surface area contributed by atoms with Crippen LogP contribution in [-0.4, -0.2) is 31.5 Å². The summed E-state index contributed by atoms with van der Waals surface area (Å²) in [6, 6.07) is 10.8. The van der Waals surface area contributed by atoms with E-state index in [0.29, 0.717) is 6.42 Å². The molecule has 2 N–H and O–H groups in total. The zero-order chi connectivity index (χ0) is 16.1. The molecule has 22 heavy (non-hydrogen) atoms. The zero-order valence-corrected chi connectivity index (χ0v) is 12.9. The van der Waals surface area contributed by atoms with Gasteiger partial charge in [0.1, 0.15) is 5.75 Å². The first-order valence-electron chi connectivity index (χ1n) is 6.84. The molecule has 118 valence electrons. The quantitative estimate of drug-likeness (QED) is 0.803. The number of phenols is 2. The monoisotopic (exact) mass is 304 g/mol. The fourth-order valence-corrected chi connectivity index (χ4v) is 2.27. The van der Waals surface area contributed by atoms with Gasteiger partial charge in [-0.15, -0.1) is 0 Å². The smallest absolute Gasteiger partial charge is 0.200 e. The Labute approximate surface area is 129 Å². The predicted octanol–water partition coefficient (Wildman–Crippen LogP) is 3.05. The van der Waals surface area contributed by atoms with E-state index in [9.17, 15) is 10.2 Å². The molecule has 0 spiro atoms. The molecule has 0 aliphatic carbocycles. The van der Waals surface area contributed by atoms with Gasteiger partial charge < -0.3 is 24.4 Å². The van der Waals surface area contributed by atoms with Gasteiger partial charge >= 0.3 is 0 Å². The lowest BCUT2D eigenvalue weighted by atomic mass is 10.0. The molecule has 0 aliphatic heterocycles. The zero-order valence-electron chi connectivity index (χ0n) is 12.9. The van der Waals surface area contributed by atoms with Crippen molar-refractivity contribution < 1.29 is 24.4 Å². The van der Waals surface area contributed by atoms with Crippen molar-refractivity contribution in [2.45, 2.75) is 12.5 Å². The van der Waals surface area contributed by atoms with Crippen molar-refractivity contribution in [2.24, 2.45) is 0 Å². The van der Waals surface area contributed by atoms with Gasteiger partial charge in [-0.05, 0) is 35.4 Å². The van der Waals surface area contributed by atoms with Crippen LogP contribution >= 0.6 is 0 Å². The number of hydrogen-bond donors (Lipinski definition) is 2. The lowest BCUT2D eigenvalue weighted by molar-refractivity contribution is 0.103. The van der Waals surface area contributed by atoms with E-state index >= 15 is 0 Å². The molecule has 1 atom stereocenters. The summed E-state index contributed by atoms with van der Waals surface area (Å²) in [6.07, 6.45) is 0.349. The molecule has 5 heteroatoms. The van der Waals surface area contributed by atoms with E-state index in [1.807, 2.05) is 24.3 Å². The molecule has 0 saturated carbocycles.